The molecule has 0 saturated heterocycles. The van der Waals surface area contributed by atoms with Gasteiger partial charge in [0.1, 0.15) is 5.82 Å². The van der Waals surface area contributed by atoms with Gasteiger partial charge in [0, 0.05) is 6.54 Å². The Labute approximate surface area is 107 Å². The highest BCUT2D eigenvalue weighted by Crippen LogP contribution is 2.21. The van der Waals surface area contributed by atoms with Gasteiger partial charge in [-0.3, -0.25) is 0 Å². The lowest BCUT2D eigenvalue weighted by Gasteiger charge is -2.10. The predicted octanol–water partition coefficient (Wildman–Crippen LogP) is 3.37. The first-order valence-corrected chi connectivity index (χ1v) is 6.01. The van der Waals surface area contributed by atoms with E-state index in [0.29, 0.717) is 5.69 Å². The molecule has 0 aliphatic rings. The SMILES string of the molecule is Cc1ccccc1CCNc1cccc(F)c1N. The molecule has 0 radical (unpaired) electrons. The van der Waals surface area contributed by atoms with Crippen LogP contribution in [0.3, 0.4) is 0 Å². The van der Waals surface area contributed by atoms with Crippen LogP contribution in [0.2, 0.25) is 0 Å². The van der Waals surface area contributed by atoms with Gasteiger partial charge in [0.05, 0.1) is 11.4 Å². The maximum atomic E-state index is 13.2. The molecule has 0 aliphatic heterocycles. The van der Waals surface area contributed by atoms with Crippen molar-refractivity contribution in [2.24, 2.45) is 0 Å². The van der Waals surface area contributed by atoms with Crippen molar-refractivity contribution < 1.29 is 4.39 Å². The molecule has 2 aromatic carbocycles. The van der Waals surface area contributed by atoms with Gasteiger partial charge in [0.25, 0.3) is 0 Å². The van der Waals surface area contributed by atoms with Crippen LogP contribution < -0.4 is 11.1 Å². The summed E-state index contributed by atoms with van der Waals surface area (Å²) in [5.41, 5.74) is 9.05. The molecule has 0 fully saturated rings. The van der Waals surface area contributed by atoms with Crippen molar-refractivity contribution >= 4 is 11.4 Å². The Morgan fingerprint density at radius 1 is 1.11 bits per heavy atom. The third-order valence-corrected chi connectivity index (χ3v) is 3.02. The standard InChI is InChI=1S/C15H17FN2/c1-11-5-2-3-6-12(11)9-10-18-14-8-4-7-13(16)15(14)17/h2-8,18H,9-10,17H2,1H3. The second-order valence-electron chi connectivity index (χ2n) is 4.30. The minimum Gasteiger partial charge on any atom is -0.395 e. The Morgan fingerprint density at radius 3 is 2.67 bits per heavy atom. The molecular formula is C15H17FN2. The number of halogens is 1. The minimum absolute atomic E-state index is 0.183. The number of anilines is 2. The predicted molar refractivity (Wildman–Crippen MR) is 74.2 cm³/mol. The molecule has 3 N–H and O–H groups in total. The van der Waals surface area contributed by atoms with Crippen LogP contribution in [0.15, 0.2) is 42.5 Å². The molecule has 0 saturated carbocycles. The molecule has 2 rings (SSSR count). The summed E-state index contributed by atoms with van der Waals surface area (Å²) < 4.78 is 13.2. The lowest BCUT2D eigenvalue weighted by molar-refractivity contribution is 0.633. The van der Waals surface area contributed by atoms with Crippen LogP contribution in [-0.4, -0.2) is 6.54 Å². The molecule has 2 aromatic rings. The van der Waals surface area contributed by atoms with E-state index in [1.165, 1.54) is 17.2 Å². The van der Waals surface area contributed by atoms with E-state index in [0.717, 1.165) is 13.0 Å². The lowest BCUT2D eigenvalue weighted by Crippen LogP contribution is -2.08. The van der Waals surface area contributed by atoms with Crippen LogP contribution >= 0.6 is 0 Å². The smallest absolute Gasteiger partial charge is 0.148 e. The Morgan fingerprint density at radius 2 is 1.89 bits per heavy atom. The number of nitrogens with two attached hydrogens (primary N) is 1. The maximum Gasteiger partial charge on any atom is 0.148 e. The first kappa shape index (κ1) is 12.4. The van der Waals surface area contributed by atoms with Crippen LogP contribution in [0.5, 0.6) is 0 Å². The van der Waals surface area contributed by atoms with Crippen molar-refractivity contribution in [2.75, 3.05) is 17.6 Å². The highest BCUT2D eigenvalue weighted by molar-refractivity contribution is 5.66. The van der Waals surface area contributed by atoms with Crippen LogP contribution in [0.1, 0.15) is 11.1 Å². The summed E-state index contributed by atoms with van der Waals surface area (Å²) in [6.07, 6.45) is 0.891. The summed E-state index contributed by atoms with van der Waals surface area (Å²) in [6.45, 7) is 2.82. The van der Waals surface area contributed by atoms with Gasteiger partial charge in [-0.15, -0.1) is 0 Å². The minimum atomic E-state index is -0.379. The normalized spacial score (nSPS) is 10.3. The van der Waals surface area contributed by atoms with Gasteiger partial charge in [0.15, 0.2) is 0 Å². The maximum absolute atomic E-state index is 13.2. The van der Waals surface area contributed by atoms with Gasteiger partial charge in [-0.25, -0.2) is 4.39 Å². The van der Waals surface area contributed by atoms with Gasteiger partial charge in [-0.2, -0.15) is 0 Å². The molecule has 18 heavy (non-hydrogen) atoms. The Bertz CT molecular complexity index is 538. The number of nitrogen functional groups attached to an aromatic ring is 1. The molecule has 0 unspecified atom stereocenters. The van der Waals surface area contributed by atoms with E-state index in [-0.39, 0.29) is 11.5 Å². The summed E-state index contributed by atoms with van der Waals surface area (Å²) in [7, 11) is 0. The number of aryl methyl sites for hydroxylation is 1. The number of hydrogen-bond donors (Lipinski definition) is 2. The van der Waals surface area contributed by atoms with Crippen LogP contribution in [0.4, 0.5) is 15.8 Å². The van der Waals surface area contributed by atoms with Crippen molar-refractivity contribution in [3.63, 3.8) is 0 Å². The molecular weight excluding hydrogens is 227 g/mol. The van der Waals surface area contributed by atoms with E-state index in [9.17, 15) is 4.39 Å². The van der Waals surface area contributed by atoms with Crippen molar-refractivity contribution in [2.45, 2.75) is 13.3 Å². The number of para-hydroxylation sites is 1. The zero-order valence-corrected chi connectivity index (χ0v) is 10.4. The van der Waals surface area contributed by atoms with Crippen molar-refractivity contribution in [3.8, 4) is 0 Å². The summed E-state index contributed by atoms with van der Waals surface area (Å²) in [5.74, 6) is -0.379. The number of nitrogens with one attached hydrogen (secondary N) is 1. The highest BCUT2D eigenvalue weighted by atomic mass is 19.1. The van der Waals surface area contributed by atoms with Gasteiger partial charge < -0.3 is 11.1 Å². The van der Waals surface area contributed by atoms with Crippen molar-refractivity contribution in [1.29, 1.82) is 0 Å². The van der Waals surface area contributed by atoms with Crippen molar-refractivity contribution in [1.82, 2.24) is 0 Å². The number of hydrogen-bond acceptors (Lipinski definition) is 2. The average Bonchev–Trinajstić information content (AvgIpc) is 2.37. The third kappa shape index (κ3) is 2.80. The molecule has 0 spiro atoms. The number of benzene rings is 2. The van der Waals surface area contributed by atoms with E-state index in [1.807, 2.05) is 12.1 Å². The molecule has 2 nitrogen and oxygen atoms in total. The second kappa shape index (κ2) is 5.54. The van der Waals surface area contributed by atoms with E-state index in [1.54, 1.807) is 12.1 Å². The van der Waals surface area contributed by atoms with Gasteiger partial charge in [-0.05, 0) is 36.6 Å². The third-order valence-electron chi connectivity index (χ3n) is 3.02. The fourth-order valence-electron chi connectivity index (χ4n) is 1.91. The fourth-order valence-corrected chi connectivity index (χ4v) is 1.91. The summed E-state index contributed by atoms with van der Waals surface area (Å²) in [5, 5.41) is 3.16. The second-order valence-corrected chi connectivity index (χ2v) is 4.30. The summed E-state index contributed by atoms with van der Waals surface area (Å²) in [4.78, 5) is 0. The Balaban J connectivity index is 1.97. The topological polar surface area (TPSA) is 38.0 Å². The van der Waals surface area contributed by atoms with Crippen LogP contribution in [0, 0.1) is 12.7 Å². The highest BCUT2D eigenvalue weighted by Gasteiger charge is 2.03. The monoisotopic (exact) mass is 244 g/mol. The Kier molecular flexibility index (Phi) is 3.82. The molecule has 0 atom stereocenters. The quantitative estimate of drug-likeness (QED) is 0.809. The van der Waals surface area contributed by atoms with E-state index >= 15 is 0 Å². The zero-order chi connectivity index (χ0) is 13.0. The van der Waals surface area contributed by atoms with Crippen LogP contribution in [0.25, 0.3) is 0 Å². The molecule has 0 heterocycles. The van der Waals surface area contributed by atoms with E-state index < -0.39 is 0 Å². The van der Waals surface area contributed by atoms with Crippen molar-refractivity contribution in [3.05, 3.63) is 59.4 Å². The molecule has 0 amide bonds. The fraction of sp³-hybridized carbons (Fsp3) is 0.200. The van der Waals surface area contributed by atoms with Gasteiger partial charge in [0.2, 0.25) is 0 Å². The largest absolute Gasteiger partial charge is 0.395 e. The summed E-state index contributed by atoms with van der Waals surface area (Å²) >= 11 is 0. The molecule has 0 bridgehead atoms. The molecule has 0 aliphatic carbocycles. The first-order chi connectivity index (χ1) is 8.68. The Hall–Kier alpha value is -2.03. The molecule has 0 aromatic heterocycles. The van der Waals surface area contributed by atoms with Gasteiger partial charge in [-0.1, -0.05) is 30.3 Å². The summed E-state index contributed by atoms with van der Waals surface area (Å²) in [6, 6.07) is 13.0. The first-order valence-electron chi connectivity index (χ1n) is 6.01. The zero-order valence-electron chi connectivity index (χ0n) is 10.4. The van der Waals surface area contributed by atoms with E-state index in [4.69, 9.17) is 5.73 Å². The van der Waals surface area contributed by atoms with E-state index in [2.05, 4.69) is 24.4 Å². The number of rotatable bonds is 4. The molecule has 94 valence electrons. The lowest BCUT2D eigenvalue weighted by atomic mass is 10.1. The van der Waals surface area contributed by atoms with Crippen LogP contribution in [-0.2, 0) is 6.42 Å². The molecule has 3 heteroatoms. The van der Waals surface area contributed by atoms with Gasteiger partial charge >= 0.3 is 0 Å². The average molecular weight is 244 g/mol.